The predicted molar refractivity (Wildman–Crippen MR) is 95.4 cm³/mol. The third-order valence-corrected chi connectivity index (χ3v) is 5.13. The van der Waals surface area contributed by atoms with E-state index < -0.39 is 0 Å². The lowest BCUT2D eigenvalue weighted by Crippen LogP contribution is -2.49. The van der Waals surface area contributed by atoms with E-state index in [0.717, 1.165) is 44.8 Å². The summed E-state index contributed by atoms with van der Waals surface area (Å²) < 4.78 is 13.0. The molecule has 1 aromatic carbocycles. The van der Waals surface area contributed by atoms with Crippen molar-refractivity contribution in [3.05, 3.63) is 35.6 Å². The van der Waals surface area contributed by atoms with Crippen molar-refractivity contribution in [2.24, 2.45) is 0 Å². The minimum absolute atomic E-state index is 0.0179. The number of hydrogen-bond acceptors (Lipinski definition) is 5. The molecule has 3 N–H and O–H groups in total. The number of likely N-dealkylation sites (N-methyl/N-ethyl adjacent to an activating group) is 1. The summed E-state index contributed by atoms with van der Waals surface area (Å²) in [6.45, 7) is 9.22. The average molecular weight is 349 g/mol. The maximum atomic E-state index is 13.0. The van der Waals surface area contributed by atoms with Crippen molar-refractivity contribution in [2.75, 3.05) is 45.8 Å². The maximum Gasteiger partial charge on any atom is 0.238 e. The molecule has 2 aliphatic rings. The van der Waals surface area contributed by atoms with E-state index in [4.69, 9.17) is 0 Å². The number of carbonyl (C=O) groups is 1. The number of amides is 1. The number of carbonyl (C=O) groups excluding carboxylic acids is 1. The van der Waals surface area contributed by atoms with E-state index in [1.165, 1.54) is 12.1 Å². The molecule has 2 heterocycles. The topological polar surface area (TPSA) is 59.6 Å². The van der Waals surface area contributed by atoms with E-state index in [9.17, 15) is 9.18 Å². The molecular formula is C18H28FN5O. The summed E-state index contributed by atoms with van der Waals surface area (Å²) in [5.74, 6) is -0.229. The van der Waals surface area contributed by atoms with Gasteiger partial charge in [0.2, 0.25) is 5.91 Å². The molecule has 25 heavy (non-hydrogen) atoms. The third kappa shape index (κ3) is 4.98. The van der Waals surface area contributed by atoms with Crippen molar-refractivity contribution in [1.82, 2.24) is 26.0 Å². The molecule has 2 aliphatic heterocycles. The molecule has 3 rings (SSSR count). The second-order valence-corrected chi connectivity index (χ2v) is 6.75. The molecule has 2 fully saturated rings. The van der Waals surface area contributed by atoms with Crippen LogP contribution in [0.25, 0.3) is 0 Å². The lowest BCUT2D eigenvalue weighted by Gasteiger charge is -2.34. The van der Waals surface area contributed by atoms with Crippen LogP contribution in [0.1, 0.15) is 24.9 Å². The zero-order valence-electron chi connectivity index (χ0n) is 14.8. The van der Waals surface area contributed by atoms with Crippen LogP contribution in [-0.4, -0.2) is 67.6 Å². The van der Waals surface area contributed by atoms with Crippen molar-refractivity contribution in [1.29, 1.82) is 0 Å². The zero-order valence-corrected chi connectivity index (χ0v) is 14.8. The molecule has 7 heteroatoms. The Morgan fingerprint density at radius 1 is 1.16 bits per heavy atom. The first-order valence-electron chi connectivity index (χ1n) is 9.14. The highest BCUT2D eigenvalue weighted by atomic mass is 19.1. The van der Waals surface area contributed by atoms with Crippen molar-refractivity contribution in [3.8, 4) is 0 Å². The number of nitrogens with zero attached hydrogens (tertiary/aromatic N) is 2. The average Bonchev–Trinajstić information content (AvgIpc) is 3.13. The highest BCUT2D eigenvalue weighted by Crippen LogP contribution is 2.22. The zero-order chi connectivity index (χ0) is 17.6. The van der Waals surface area contributed by atoms with Gasteiger partial charge in [0.15, 0.2) is 0 Å². The second-order valence-electron chi connectivity index (χ2n) is 6.75. The van der Waals surface area contributed by atoms with Gasteiger partial charge >= 0.3 is 0 Å². The third-order valence-electron chi connectivity index (χ3n) is 5.13. The predicted octanol–water partition coefficient (Wildman–Crippen LogP) is 0.487. The first-order chi connectivity index (χ1) is 12.2. The van der Waals surface area contributed by atoms with Gasteiger partial charge in [-0.2, -0.15) is 0 Å². The fraction of sp³-hybridized carbons (Fsp3) is 0.611. The lowest BCUT2D eigenvalue weighted by atomic mass is 10.0. The van der Waals surface area contributed by atoms with Gasteiger partial charge in [-0.1, -0.05) is 19.1 Å². The van der Waals surface area contributed by atoms with Crippen LogP contribution >= 0.6 is 0 Å². The number of nitrogens with one attached hydrogen (secondary N) is 3. The molecule has 0 aromatic heterocycles. The number of piperazine rings is 1. The molecule has 2 saturated heterocycles. The number of rotatable bonds is 6. The van der Waals surface area contributed by atoms with Gasteiger partial charge in [-0.15, -0.1) is 0 Å². The number of halogens is 1. The first-order valence-corrected chi connectivity index (χ1v) is 9.14. The van der Waals surface area contributed by atoms with Gasteiger partial charge in [0.1, 0.15) is 11.9 Å². The Kier molecular flexibility index (Phi) is 6.36. The van der Waals surface area contributed by atoms with E-state index in [1.807, 2.05) is 0 Å². The second kappa shape index (κ2) is 8.71. The Balaban J connectivity index is 1.37. The van der Waals surface area contributed by atoms with Crippen LogP contribution in [0, 0.1) is 5.82 Å². The van der Waals surface area contributed by atoms with Gasteiger partial charge < -0.3 is 10.2 Å². The smallest absolute Gasteiger partial charge is 0.238 e. The number of benzene rings is 1. The fourth-order valence-corrected chi connectivity index (χ4v) is 3.43. The van der Waals surface area contributed by atoms with E-state index in [1.54, 1.807) is 12.1 Å². The molecule has 2 unspecified atom stereocenters. The molecule has 1 aromatic rings. The van der Waals surface area contributed by atoms with Crippen molar-refractivity contribution in [2.45, 2.75) is 25.4 Å². The summed E-state index contributed by atoms with van der Waals surface area (Å²) in [6.07, 6.45) is 0.659. The summed E-state index contributed by atoms with van der Waals surface area (Å²) in [5, 5.41) is 3.02. The lowest BCUT2D eigenvalue weighted by molar-refractivity contribution is -0.122. The molecular weight excluding hydrogens is 321 g/mol. The molecule has 1 amide bonds. The molecule has 2 atom stereocenters. The van der Waals surface area contributed by atoms with Gasteiger partial charge in [0.25, 0.3) is 0 Å². The Hall–Kier alpha value is -1.54. The van der Waals surface area contributed by atoms with Crippen LogP contribution in [0.2, 0.25) is 0 Å². The van der Waals surface area contributed by atoms with Gasteiger partial charge in [0.05, 0.1) is 0 Å². The van der Waals surface area contributed by atoms with E-state index in [-0.39, 0.29) is 23.8 Å². The summed E-state index contributed by atoms with van der Waals surface area (Å²) in [4.78, 5) is 17.2. The fourth-order valence-electron chi connectivity index (χ4n) is 3.43. The van der Waals surface area contributed by atoms with Crippen molar-refractivity contribution >= 4 is 5.91 Å². The van der Waals surface area contributed by atoms with Crippen LogP contribution in [0.4, 0.5) is 4.39 Å². The van der Waals surface area contributed by atoms with Gasteiger partial charge in [0, 0.05) is 45.3 Å². The molecule has 0 bridgehead atoms. The van der Waals surface area contributed by atoms with Gasteiger partial charge in [-0.3, -0.25) is 9.69 Å². The molecule has 0 radical (unpaired) electrons. The van der Waals surface area contributed by atoms with Crippen LogP contribution in [0.3, 0.4) is 0 Å². The van der Waals surface area contributed by atoms with Crippen molar-refractivity contribution in [3.63, 3.8) is 0 Å². The SMILES string of the molecule is CCN1CCN(CCNC(=O)C2CC(c3ccc(F)cc3)NN2)CC1. The monoisotopic (exact) mass is 349 g/mol. The minimum Gasteiger partial charge on any atom is -0.353 e. The standard InChI is InChI=1S/C18H28FN5O/c1-2-23-9-11-24(12-10-23)8-7-20-18(25)17-13-16(21-22-17)14-3-5-15(19)6-4-14/h3-6,16-17,21-22H,2,7-13H2,1H3,(H,20,25). The quantitative estimate of drug-likeness (QED) is 0.698. The summed E-state index contributed by atoms with van der Waals surface area (Å²) in [7, 11) is 0. The number of hydrogen-bond donors (Lipinski definition) is 3. The highest BCUT2D eigenvalue weighted by Gasteiger charge is 2.30. The summed E-state index contributed by atoms with van der Waals surface area (Å²) in [5.41, 5.74) is 7.15. The van der Waals surface area contributed by atoms with Crippen LogP contribution < -0.4 is 16.2 Å². The Morgan fingerprint density at radius 2 is 1.84 bits per heavy atom. The van der Waals surface area contributed by atoms with Crippen LogP contribution in [0.5, 0.6) is 0 Å². The minimum atomic E-state index is -0.257. The molecule has 0 saturated carbocycles. The maximum absolute atomic E-state index is 13.0. The molecule has 138 valence electrons. The molecule has 0 spiro atoms. The van der Waals surface area contributed by atoms with Crippen molar-refractivity contribution < 1.29 is 9.18 Å². The molecule has 0 aliphatic carbocycles. The summed E-state index contributed by atoms with van der Waals surface area (Å²) in [6, 6.07) is 6.17. The Bertz CT molecular complexity index is 559. The first kappa shape index (κ1) is 18.3. The molecule has 6 nitrogen and oxygen atoms in total. The number of hydrazine groups is 1. The van der Waals surface area contributed by atoms with Crippen LogP contribution in [0.15, 0.2) is 24.3 Å². The Morgan fingerprint density at radius 3 is 2.52 bits per heavy atom. The normalized spacial score (nSPS) is 25.2. The van der Waals surface area contributed by atoms with Gasteiger partial charge in [-0.05, 0) is 30.7 Å². The Labute approximate surface area is 148 Å². The van der Waals surface area contributed by atoms with Crippen LogP contribution in [-0.2, 0) is 4.79 Å². The van der Waals surface area contributed by atoms with E-state index in [0.29, 0.717) is 13.0 Å². The van der Waals surface area contributed by atoms with Gasteiger partial charge in [-0.25, -0.2) is 15.2 Å². The van der Waals surface area contributed by atoms with E-state index >= 15 is 0 Å². The van der Waals surface area contributed by atoms with E-state index in [2.05, 4.69) is 32.9 Å². The largest absolute Gasteiger partial charge is 0.353 e. The summed E-state index contributed by atoms with van der Waals surface area (Å²) >= 11 is 0. The highest BCUT2D eigenvalue weighted by molar-refractivity contribution is 5.82.